The molecule has 0 radical (unpaired) electrons. The summed E-state index contributed by atoms with van der Waals surface area (Å²) in [7, 11) is 0. The number of rotatable bonds is 5. The van der Waals surface area contributed by atoms with Gasteiger partial charge in [-0.05, 0) is 47.2 Å². The molecule has 2 aromatic rings. The largest absolute Gasteiger partial charge is 0.489 e. The van der Waals surface area contributed by atoms with Crippen LogP contribution in [-0.4, -0.2) is 0 Å². The van der Waals surface area contributed by atoms with Crippen molar-refractivity contribution in [2.45, 2.75) is 39.8 Å². The highest BCUT2D eigenvalue weighted by atomic mass is 35.5. The fourth-order valence-corrected chi connectivity index (χ4v) is 2.76. The molecule has 0 aliphatic carbocycles. The number of benzene rings is 2. The van der Waals surface area contributed by atoms with Crippen LogP contribution in [0.3, 0.4) is 0 Å². The Labute approximate surface area is 131 Å². The molecule has 2 N–H and O–H groups in total. The van der Waals surface area contributed by atoms with Gasteiger partial charge in [-0.3, -0.25) is 0 Å². The lowest BCUT2D eigenvalue weighted by Crippen LogP contribution is -2.05. The molecule has 0 spiro atoms. The Morgan fingerprint density at radius 1 is 1.14 bits per heavy atom. The van der Waals surface area contributed by atoms with Crippen LogP contribution in [0.1, 0.15) is 42.0 Å². The first-order valence-electron chi connectivity index (χ1n) is 7.22. The predicted octanol–water partition coefficient (Wildman–Crippen LogP) is 4.81. The van der Waals surface area contributed by atoms with Gasteiger partial charge >= 0.3 is 0 Å². The van der Waals surface area contributed by atoms with Crippen LogP contribution in [0.25, 0.3) is 0 Å². The Morgan fingerprint density at radius 2 is 1.81 bits per heavy atom. The number of aryl methyl sites for hydroxylation is 1. The van der Waals surface area contributed by atoms with E-state index in [9.17, 15) is 0 Å². The van der Waals surface area contributed by atoms with Gasteiger partial charge in [-0.2, -0.15) is 0 Å². The second kappa shape index (κ2) is 6.97. The van der Waals surface area contributed by atoms with Crippen LogP contribution in [0.2, 0.25) is 5.02 Å². The van der Waals surface area contributed by atoms with Crippen LogP contribution in [0.15, 0.2) is 36.4 Å². The lowest BCUT2D eigenvalue weighted by molar-refractivity contribution is 0.302. The fourth-order valence-electron chi connectivity index (χ4n) is 2.32. The van der Waals surface area contributed by atoms with E-state index in [1.54, 1.807) is 0 Å². The molecule has 2 rings (SSSR count). The quantitative estimate of drug-likeness (QED) is 0.860. The van der Waals surface area contributed by atoms with Crippen molar-refractivity contribution in [3.8, 4) is 5.75 Å². The third-order valence-corrected chi connectivity index (χ3v) is 3.97. The summed E-state index contributed by atoms with van der Waals surface area (Å²) in [5, 5.41) is 0.803. The van der Waals surface area contributed by atoms with Crippen LogP contribution < -0.4 is 10.5 Å². The molecule has 21 heavy (non-hydrogen) atoms. The summed E-state index contributed by atoms with van der Waals surface area (Å²) >= 11 is 6.29. The van der Waals surface area contributed by atoms with Gasteiger partial charge in [-0.1, -0.05) is 49.7 Å². The van der Waals surface area contributed by atoms with Gasteiger partial charge in [0.1, 0.15) is 12.4 Å². The Hall–Kier alpha value is -1.51. The summed E-state index contributed by atoms with van der Waals surface area (Å²) in [6.07, 6.45) is 0. The summed E-state index contributed by atoms with van der Waals surface area (Å²) in [5.74, 6) is 1.26. The molecule has 112 valence electrons. The molecule has 0 atom stereocenters. The number of ether oxygens (including phenoxy) is 1. The summed E-state index contributed by atoms with van der Waals surface area (Å²) in [6.45, 7) is 7.32. The maximum atomic E-state index is 6.29. The van der Waals surface area contributed by atoms with Crippen molar-refractivity contribution >= 4 is 11.6 Å². The van der Waals surface area contributed by atoms with E-state index in [2.05, 4.69) is 19.9 Å². The van der Waals surface area contributed by atoms with Crippen molar-refractivity contribution in [2.24, 2.45) is 5.73 Å². The van der Waals surface area contributed by atoms with E-state index in [1.165, 1.54) is 0 Å². The zero-order chi connectivity index (χ0) is 15.4. The van der Waals surface area contributed by atoms with Crippen LogP contribution >= 0.6 is 11.6 Å². The van der Waals surface area contributed by atoms with Crippen molar-refractivity contribution in [1.82, 2.24) is 0 Å². The molecule has 2 nitrogen and oxygen atoms in total. The first-order valence-corrected chi connectivity index (χ1v) is 7.60. The van der Waals surface area contributed by atoms with E-state index in [0.29, 0.717) is 19.1 Å². The normalized spacial score (nSPS) is 11.0. The monoisotopic (exact) mass is 303 g/mol. The molecule has 0 saturated carbocycles. The highest BCUT2D eigenvalue weighted by Crippen LogP contribution is 2.31. The first kappa shape index (κ1) is 15.9. The molecule has 0 heterocycles. The molecule has 0 bridgehead atoms. The fraction of sp³-hybridized carbons (Fsp3) is 0.333. The summed E-state index contributed by atoms with van der Waals surface area (Å²) < 4.78 is 6.00. The van der Waals surface area contributed by atoms with Crippen molar-refractivity contribution in [3.63, 3.8) is 0 Å². The Bertz CT molecular complexity index is 623. The van der Waals surface area contributed by atoms with Crippen molar-refractivity contribution in [2.75, 3.05) is 0 Å². The molecule has 2 aromatic carbocycles. The first-order chi connectivity index (χ1) is 10.0. The van der Waals surface area contributed by atoms with Crippen LogP contribution in [0.4, 0.5) is 0 Å². The van der Waals surface area contributed by atoms with E-state index in [0.717, 1.165) is 33.0 Å². The molecule has 0 unspecified atom stereocenters. The van der Waals surface area contributed by atoms with Crippen LogP contribution in [0, 0.1) is 6.92 Å². The minimum absolute atomic E-state index is 0.372. The Kier molecular flexibility index (Phi) is 5.27. The predicted molar refractivity (Wildman–Crippen MR) is 88.9 cm³/mol. The molecule has 0 aromatic heterocycles. The SMILES string of the molecule is Cc1cc(Cl)c(C(C)C)cc1OCc1ccccc1CN. The van der Waals surface area contributed by atoms with Gasteiger partial charge in [-0.15, -0.1) is 0 Å². The topological polar surface area (TPSA) is 35.2 Å². The van der Waals surface area contributed by atoms with Crippen LogP contribution in [0.5, 0.6) is 5.75 Å². The van der Waals surface area contributed by atoms with E-state index in [-0.39, 0.29) is 0 Å². The van der Waals surface area contributed by atoms with E-state index in [1.807, 2.05) is 37.3 Å². The third kappa shape index (κ3) is 3.78. The standard InChI is InChI=1S/C18H22ClNO/c1-12(2)16-9-18(13(3)8-17(16)19)21-11-15-7-5-4-6-14(15)10-20/h4-9,12H,10-11,20H2,1-3H3. The molecular weight excluding hydrogens is 282 g/mol. The molecule has 0 saturated heterocycles. The number of hydrogen-bond acceptors (Lipinski definition) is 2. The van der Waals surface area contributed by atoms with Gasteiger partial charge in [0.2, 0.25) is 0 Å². The average molecular weight is 304 g/mol. The van der Waals surface area contributed by atoms with Crippen LogP contribution in [-0.2, 0) is 13.2 Å². The molecule has 0 fully saturated rings. The summed E-state index contributed by atoms with van der Waals surface area (Å²) in [5.41, 5.74) is 10.2. The average Bonchev–Trinajstić information content (AvgIpc) is 2.46. The smallest absolute Gasteiger partial charge is 0.123 e. The van der Waals surface area contributed by atoms with Gasteiger partial charge < -0.3 is 10.5 Å². The van der Waals surface area contributed by atoms with Crippen molar-refractivity contribution < 1.29 is 4.74 Å². The van der Waals surface area contributed by atoms with E-state index < -0.39 is 0 Å². The second-order valence-electron chi connectivity index (χ2n) is 5.56. The zero-order valence-electron chi connectivity index (χ0n) is 12.8. The number of nitrogens with two attached hydrogens (primary N) is 1. The lowest BCUT2D eigenvalue weighted by Gasteiger charge is -2.15. The lowest BCUT2D eigenvalue weighted by atomic mass is 10.0. The minimum Gasteiger partial charge on any atom is -0.489 e. The van der Waals surface area contributed by atoms with E-state index in [4.69, 9.17) is 22.1 Å². The van der Waals surface area contributed by atoms with Crippen molar-refractivity contribution in [3.05, 3.63) is 63.7 Å². The van der Waals surface area contributed by atoms with Crippen molar-refractivity contribution in [1.29, 1.82) is 0 Å². The second-order valence-corrected chi connectivity index (χ2v) is 5.96. The number of halogens is 1. The van der Waals surface area contributed by atoms with Gasteiger partial charge in [0.15, 0.2) is 0 Å². The zero-order valence-corrected chi connectivity index (χ0v) is 13.6. The molecular formula is C18H22ClNO. The highest BCUT2D eigenvalue weighted by molar-refractivity contribution is 6.31. The van der Waals surface area contributed by atoms with Gasteiger partial charge in [0, 0.05) is 11.6 Å². The molecule has 3 heteroatoms. The van der Waals surface area contributed by atoms with Gasteiger partial charge in [-0.25, -0.2) is 0 Å². The van der Waals surface area contributed by atoms with E-state index >= 15 is 0 Å². The van der Waals surface area contributed by atoms with Gasteiger partial charge in [0.25, 0.3) is 0 Å². The molecule has 0 aliphatic rings. The summed E-state index contributed by atoms with van der Waals surface area (Å²) in [6, 6.07) is 12.1. The number of hydrogen-bond donors (Lipinski definition) is 1. The maximum absolute atomic E-state index is 6.29. The Balaban J connectivity index is 2.22. The molecule has 0 aliphatic heterocycles. The summed E-state index contributed by atoms with van der Waals surface area (Å²) in [4.78, 5) is 0. The Morgan fingerprint density at radius 3 is 2.43 bits per heavy atom. The van der Waals surface area contributed by atoms with Gasteiger partial charge in [0.05, 0.1) is 0 Å². The third-order valence-electron chi connectivity index (χ3n) is 3.64. The molecule has 0 amide bonds. The maximum Gasteiger partial charge on any atom is 0.123 e. The minimum atomic E-state index is 0.372. The highest BCUT2D eigenvalue weighted by Gasteiger charge is 2.10.